The summed E-state index contributed by atoms with van der Waals surface area (Å²) in [5.74, 6) is -0.654. The maximum Gasteiger partial charge on any atom is 0.254 e. The molecule has 0 spiro atoms. The van der Waals surface area contributed by atoms with Crippen molar-refractivity contribution in [2.75, 3.05) is 19.6 Å². The molecule has 1 aliphatic rings. The summed E-state index contributed by atoms with van der Waals surface area (Å²) in [6.45, 7) is 4.73. The number of amides is 1. The largest absolute Gasteiger partial charge is 0.352 e. The molecule has 0 unspecified atom stereocenters. The lowest BCUT2D eigenvalue weighted by Gasteiger charge is -2.32. The van der Waals surface area contributed by atoms with E-state index >= 15 is 0 Å². The number of aryl methyl sites for hydroxylation is 1. The van der Waals surface area contributed by atoms with Crippen LogP contribution in [0.25, 0.3) is 0 Å². The summed E-state index contributed by atoms with van der Waals surface area (Å²) in [5, 5.41) is 2.85. The first-order valence-electron chi connectivity index (χ1n) is 9.03. The van der Waals surface area contributed by atoms with Gasteiger partial charge in [-0.3, -0.25) is 9.69 Å². The fourth-order valence-corrected chi connectivity index (χ4v) is 3.36. The third-order valence-corrected chi connectivity index (χ3v) is 4.98. The van der Waals surface area contributed by atoms with E-state index in [0.717, 1.165) is 31.5 Å². The second-order valence-electron chi connectivity index (χ2n) is 7.00. The number of halogens is 2. The second kappa shape index (κ2) is 8.41. The third kappa shape index (κ3) is 4.67. The third-order valence-electron chi connectivity index (χ3n) is 4.98. The molecule has 1 amide bonds. The Balaban J connectivity index is 1.46. The zero-order valence-corrected chi connectivity index (χ0v) is 15.0. The topological polar surface area (TPSA) is 32.3 Å². The van der Waals surface area contributed by atoms with Gasteiger partial charge in [0.05, 0.1) is 5.56 Å². The molecular weight excluding hydrogens is 334 g/mol. The van der Waals surface area contributed by atoms with Crippen molar-refractivity contribution in [2.45, 2.75) is 26.3 Å². The van der Waals surface area contributed by atoms with Gasteiger partial charge in [-0.1, -0.05) is 29.8 Å². The number of nitrogens with one attached hydrogen (secondary N) is 1. The van der Waals surface area contributed by atoms with Crippen molar-refractivity contribution in [3.8, 4) is 0 Å². The van der Waals surface area contributed by atoms with Gasteiger partial charge in [-0.25, -0.2) is 8.78 Å². The lowest BCUT2D eigenvalue weighted by molar-refractivity contribution is 0.0931. The van der Waals surface area contributed by atoms with E-state index in [1.807, 2.05) is 19.1 Å². The fraction of sp³-hybridized carbons (Fsp3) is 0.381. The van der Waals surface area contributed by atoms with Crippen LogP contribution in [0.1, 0.15) is 34.3 Å². The lowest BCUT2D eigenvalue weighted by Crippen LogP contribution is -2.38. The summed E-state index contributed by atoms with van der Waals surface area (Å²) in [7, 11) is 0. The Labute approximate surface area is 153 Å². The molecule has 0 bridgehead atoms. The standard InChI is InChI=1S/C21H24F2N2O/c1-15-6-7-20(23)18(12-15)21(26)24-13-16-8-10-25(11-9-16)14-17-4-2-3-5-19(17)22/h2-7,12,16H,8-11,13-14H2,1H3,(H,24,26). The van der Waals surface area contributed by atoms with Crippen molar-refractivity contribution in [3.05, 3.63) is 70.8 Å². The number of nitrogens with zero attached hydrogens (tertiary/aromatic N) is 1. The van der Waals surface area contributed by atoms with Gasteiger partial charge in [-0.2, -0.15) is 0 Å². The summed E-state index contributed by atoms with van der Waals surface area (Å²) in [6, 6.07) is 11.4. The molecule has 1 fully saturated rings. The summed E-state index contributed by atoms with van der Waals surface area (Å²) in [5.41, 5.74) is 1.68. The van der Waals surface area contributed by atoms with Gasteiger partial charge >= 0.3 is 0 Å². The smallest absolute Gasteiger partial charge is 0.254 e. The molecule has 1 N–H and O–H groups in total. The van der Waals surface area contributed by atoms with Gasteiger partial charge in [0.25, 0.3) is 5.91 Å². The normalized spacial score (nSPS) is 15.8. The van der Waals surface area contributed by atoms with Gasteiger partial charge in [-0.05, 0) is 57.0 Å². The first-order valence-corrected chi connectivity index (χ1v) is 9.03. The van der Waals surface area contributed by atoms with Crippen LogP contribution in [0.15, 0.2) is 42.5 Å². The Morgan fingerprint density at radius 1 is 1.12 bits per heavy atom. The molecule has 0 atom stereocenters. The minimum Gasteiger partial charge on any atom is -0.352 e. The molecule has 3 rings (SSSR count). The van der Waals surface area contributed by atoms with Gasteiger partial charge in [-0.15, -0.1) is 0 Å². The number of hydrogen-bond donors (Lipinski definition) is 1. The van der Waals surface area contributed by atoms with E-state index < -0.39 is 5.82 Å². The van der Waals surface area contributed by atoms with Crippen LogP contribution in [0.2, 0.25) is 0 Å². The van der Waals surface area contributed by atoms with Gasteiger partial charge in [0, 0.05) is 18.7 Å². The minimum atomic E-state index is -0.493. The average Bonchev–Trinajstić information content (AvgIpc) is 2.65. The Kier molecular flexibility index (Phi) is 5.99. The van der Waals surface area contributed by atoms with Crippen LogP contribution in [-0.4, -0.2) is 30.4 Å². The number of piperidine rings is 1. The molecule has 0 radical (unpaired) electrons. The maximum atomic E-state index is 13.8. The highest BCUT2D eigenvalue weighted by molar-refractivity contribution is 5.94. The van der Waals surface area contributed by atoms with Crippen molar-refractivity contribution < 1.29 is 13.6 Å². The molecule has 3 nitrogen and oxygen atoms in total. The predicted octanol–water partition coefficient (Wildman–Crippen LogP) is 3.92. The second-order valence-corrected chi connectivity index (χ2v) is 7.00. The van der Waals surface area contributed by atoms with E-state index in [2.05, 4.69) is 10.2 Å². The molecule has 2 aromatic carbocycles. The molecule has 0 aliphatic carbocycles. The lowest BCUT2D eigenvalue weighted by atomic mass is 9.96. The van der Waals surface area contributed by atoms with Crippen LogP contribution >= 0.6 is 0 Å². The number of rotatable bonds is 5. The van der Waals surface area contributed by atoms with Gasteiger partial charge in [0.1, 0.15) is 11.6 Å². The quantitative estimate of drug-likeness (QED) is 0.879. The molecule has 2 aromatic rings. The van der Waals surface area contributed by atoms with Crippen LogP contribution in [-0.2, 0) is 6.54 Å². The molecule has 26 heavy (non-hydrogen) atoms. The number of hydrogen-bond acceptors (Lipinski definition) is 2. The van der Waals surface area contributed by atoms with Gasteiger partial charge < -0.3 is 5.32 Å². The van der Waals surface area contributed by atoms with Crippen LogP contribution in [0.3, 0.4) is 0 Å². The van der Waals surface area contributed by atoms with E-state index in [1.54, 1.807) is 18.2 Å². The zero-order valence-electron chi connectivity index (χ0n) is 15.0. The fourth-order valence-electron chi connectivity index (χ4n) is 3.36. The van der Waals surface area contributed by atoms with Crippen LogP contribution in [0.5, 0.6) is 0 Å². The van der Waals surface area contributed by atoms with Gasteiger partial charge in [0.2, 0.25) is 0 Å². The van der Waals surface area contributed by atoms with Crippen molar-refractivity contribution >= 4 is 5.91 Å². The Bertz CT molecular complexity index is 770. The maximum absolute atomic E-state index is 13.8. The van der Waals surface area contributed by atoms with Crippen molar-refractivity contribution in [2.24, 2.45) is 5.92 Å². The highest BCUT2D eigenvalue weighted by Gasteiger charge is 2.21. The Morgan fingerprint density at radius 2 is 1.85 bits per heavy atom. The average molecular weight is 358 g/mol. The first-order chi connectivity index (χ1) is 12.5. The monoisotopic (exact) mass is 358 g/mol. The first kappa shape index (κ1) is 18.5. The number of benzene rings is 2. The molecular formula is C21H24F2N2O. The summed E-state index contributed by atoms with van der Waals surface area (Å²) in [6.07, 6.45) is 1.87. The van der Waals surface area contributed by atoms with E-state index in [9.17, 15) is 13.6 Å². The number of carbonyl (C=O) groups excluding carboxylic acids is 1. The molecule has 0 aromatic heterocycles. The Morgan fingerprint density at radius 3 is 2.58 bits per heavy atom. The SMILES string of the molecule is Cc1ccc(F)c(C(=O)NCC2CCN(Cc3ccccc3F)CC2)c1. The van der Waals surface area contributed by atoms with Crippen molar-refractivity contribution in [3.63, 3.8) is 0 Å². The van der Waals surface area contributed by atoms with E-state index in [1.165, 1.54) is 12.1 Å². The van der Waals surface area contributed by atoms with Crippen LogP contribution < -0.4 is 5.32 Å². The molecule has 1 heterocycles. The van der Waals surface area contributed by atoms with Crippen molar-refractivity contribution in [1.82, 2.24) is 10.2 Å². The molecule has 1 saturated heterocycles. The zero-order chi connectivity index (χ0) is 18.5. The number of carbonyl (C=O) groups is 1. The molecule has 1 aliphatic heterocycles. The van der Waals surface area contributed by atoms with E-state index in [-0.39, 0.29) is 17.3 Å². The summed E-state index contributed by atoms with van der Waals surface area (Å²) >= 11 is 0. The highest BCUT2D eigenvalue weighted by Crippen LogP contribution is 2.20. The molecule has 138 valence electrons. The predicted molar refractivity (Wildman–Crippen MR) is 97.9 cm³/mol. The van der Waals surface area contributed by atoms with Crippen LogP contribution in [0.4, 0.5) is 8.78 Å². The number of likely N-dealkylation sites (tertiary alicyclic amines) is 1. The minimum absolute atomic E-state index is 0.0991. The molecule has 5 heteroatoms. The van der Waals surface area contributed by atoms with E-state index in [0.29, 0.717) is 24.6 Å². The van der Waals surface area contributed by atoms with Crippen molar-refractivity contribution in [1.29, 1.82) is 0 Å². The molecule has 0 saturated carbocycles. The van der Waals surface area contributed by atoms with Crippen LogP contribution in [0, 0.1) is 24.5 Å². The van der Waals surface area contributed by atoms with E-state index in [4.69, 9.17) is 0 Å². The van der Waals surface area contributed by atoms with Gasteiger partial charge in [0.15, 0.2) is 0 Å². The Hall–Kier alpha value is -2.27. The summed E-state index contributed by atoms with van der Waals surface area (Å²) in [4.78, 5) is 14.4. The summed E-state index contributed by atoms with van der Waals surface area (Å²) < 4.78 is 27.5. The highest BCUT2D eigenvalue weighted by atomic mass is 19.1.